The molecule has 0 atom stereocenters. The Morgan fingerprint density at radius 1 is 1.47 bits per heavy atom. The normalized spacial score (nSPS) is 17.7. The van der Waals surface area contributed by atoms with Gasteiger partial charge in [0.15, 0.2) is 0 Å². The van der Waals surface area contributed by atoms with E-state index in [0.29, 0.717) is 11.9 Å². The van der Waals surface area contributed by atoms with Crippen molar-refractivity contribution >= 4 is 5.82 Å². The van der Waals surface area contributed by atoms with Crippen LogP contribution < -0.4 is 5.73 Å². The molecule has 0 saturated carbocycles. The minimum Gasteiger partial charge on any atom is -0.382 e. The number of hydrogen-bond donors (Lipinski definition) is 1. The van der Waals surface area contributed by atoms with E-state index < -0.39 is 0 Å². The lowest BCUT2D eigenvalue weighted by molar-refractivity contribution is -0.0285. The van der Waals surface area contributed by atoms with Crippen LogP contribution in [0.1, 0.15) is 5.69 Å². The van der Waals surface area contributed by atoms with Crippen molar-refractivity contribution < 1.29 is 4.74 Å². The van der Waals surface area contributed by atoms with Crippen molar-refractivity contribution in [3.8, 4) is 0 Å². The van der Waals surface area contributed by atoms with E-state index in [4.69, 9.17) is 10.5 Å². The van der Waals surface area contributed by atoms with Crippen LogP contribution in [-0.2, 0) is 11.2 Å². The molecule has 0 spiro atoms. The second-order valence-corrected chi connectivity index (χ2v) is 3.82. The number of likely N-dealkylation sites (tertiary alicyclic amines) is 1. The average Bonchev–Trinajstić information content (AvgIpc) is 2.19. The van der Waals surface area contributed by atoms with Crippen LogP contribution >= 0.6 is 0 Å². The first-order valence-electron chi connectivity index (χ1n) is 5.11. The van der Waals surface area contributed by atoms with Crippen LogP contribution in [0.5, 0.6) is 0 Å². The van der Waals surface area contributed by atoms with E-state index >= 15 is 0 Å². The van der Waals surface area contributed by atoms with Gasteiger partial charge in [-0.2, -0.15) is 5.10 Å². The molecule has 0 radical (unpaired) electrons. The Labute approximate surface area is 89.2 Å². The zero-order valence-electron chi connectivity index (χ0n) is 8.89. The summed E-state index contributed by atoms with van der Waals surface area (Å²) in [6, 6.07) is 3.71. The fraction of sp³-hybridized carbons (Fsp3) is 0.600. The maximum atomic E-state index is 5.46. The molecule has 1 aliphatic rings. The molecule has 0 bridgehead atoms. The summed E-state index contributed by atoms with van der Waals surface area (Å²) in [5, 5.41) is 7.83. The van der Waals surface area contributed by atoms with Gasteiger partial charge < -0.3 is 10.5 Å². The molecule has 1 aromatic heterocycles. The predicted molar refractivity (Wildman–Crippen MR) is 57.4 cm³/mol. The fourth-order valence-corrected chi connectivity index (χ4v) is 1.63. The summed E-state index contributed by atoms with van der Waals surface area (Å²) >= 11 is 0. The highest BCUT2D eigenvalue weighted by molar-refractivity contribution is 5.25. The summed E-state index contributed by atoms with van der Waals surface area (Å²) in [4.78, 5) is 2.34. The Morgan fingerprint density at radius 3 is 2.87 bits per heavy atom. The van der Waals surface area contributed by atoms with Gasteiger partial charge >= 0.3 is 0 Å². The minimum atomic E-state index is 0.419. The van der Waals surface area contributed by atoms with Crippen molar-refractivity contribution in [1.29, 1.82) is 0 Å². The SMILES string of the molecule is COC1CN(CCc2ccc(N)nn2)C1. The number of nitrogens with zero attached hydrogens (tertiary/aromatic N) is 3. The van der Waals surface area contributed by atoms with Crippen LogP contribution in [0.15, 0.2) is 12.1 Å². The van der Waals surface area contributed by atoms with Gasteiger partial charge in [-0.3, -0.25) is 4.90 Å². The zero-order chi connectivity index (χ0) is 10.7. The lowest BCUT2D eigenvalue weighted by Gasteiger charge is -2.37. The Balaban J connectivity index is 1.72. The number of ether oxygens (including phenoxy) is 1. The molecule has 1 fully saturated rings. The van der Waals surface area contributed by atoms with Crippen LogP contribution in [0, 0.1) is 0 Å². The number of hydrogen-bond acceptors (Lipinski definition) is 5. The van der Waals surface area contributed by atoms with Crippen LogP contribution in [0.3, 0.4) is 0 Å². The summed E-state index contributed by atoms with van der Waals surface area (Å²) in [5.41, 5.74) is 6.45. The number of aromatic nitrogens is 2. The molecule has 2 heterocycles. The quantitative estimate of drug-likeness (QED) is 0.750. The van der Waals surface area contributed by atoms with Gasteiger partial charge in [0.1, 0.15) is 5.82 Å². The summed E-state index contributed by atoms with van der Waals surface area (Å²) in [6.45, 7) is 3.07. The van der Waals surface area contributed by atoms with Gasteiger partial charge in [-0.1, -0.05) is 0 Å². The first-order chi connectivity index (χ1) is 7.28. The highest BCUT2D eigenvalue weighted by Gasteiger charge is 2.25. The first-order valence-corrected chi connectivity index (χ1v) is 5.11. The second-order valence-electron chi connectivity index (χ2n) is 3.82. The third-order valence-corrected chi connectivity index (χ3v) is 2.68. The van der Waals surface area contributed by atoms with E-state index in [1.165, 1.54) is 0 Å². The minimum absolute atomic E-state index is 0.419. The molecule has 0 unspecified atom stereocenters. The van der Waals surface area contributed by atoms with Crippen molar-refractivity contribution in [3.05, 3.63) is 17.8 Å². The van der Waals surface area contributed by atoms with Crippen LogP contribution in [0.2, 0.25) is 0 Å². The van der Waals surface area contributed by atoms with Crippen LogP contribution in [-0.4, -0.2) is 47.9 Å². The molecule has 2 N–H and O–H groups in total. The first kappa shape index (κ1) is 10.3. The zero-order valence-corrected chi connectivity index (χ0v) is 8.89. The molecule has 1 aromatic rings. The third-order valence-electron chi connectivity index (χ3n) is 2.68. The van der Waals surface area contributed by atoms with Gasteiger partial charge in [-0.05, 0) is 12.1 Å². The lowest BCUT2D eigenvalue weighted by atomic mass is 10.1. The van der Waals surface area contributed by atoms with E-state index in [0.717, 1.165) is 31.7 Å². The molecule has 1 aliphatic heterocycles. The summed E-state index contributed by atoms with van der Waals surface area (Å²) in [6.07, 6.45) is 1.34. The van der Waals surface area contributed by atoms with Crippen molar-refractivity contribution in [2.24, 2.45) is 0 Å². The van der Waals surface area contributed by atoms with Gasteiger partial charge in [0.25, 0.3) is 0 Å². The summed E-state index contributed by atoms with van der Waals surface area (Å²) in [5.74, 6) is 0.474. The number of rotatable bonds is 4. The topological polar surface area (TPSA) is 64.3 Å². The smallest absolute Gasteiger partial charge is 0.146 e. The fourth-order valence-electron chi connectivity index (χ4n) is 1.63. The molecular formula is C10H16N4O. The van der Waals surface area contributed by atoms with E-state index in [1.54, 1.807) is 13.2 Å². The number of anilines is 1. The molecule has 0 amide bonds. The molecule has 0 aliphatic carbocycles. The van der Waals surface area contributed by atoms with E-state index in [2.05, 4.69) is 15.1 Å². The largest absolute Gasteiger partial charge is 0.382 e. The molecule has 5 heteroatoms. The Bertz CT molecular complexity index is 308. The lowest BCUT2D eigenvalue weighted by Crippen LogP contribution is -2.52. The molecule has 2 rings (SSSR count). The molecular weight excluding hydrogens is 192 g/mol. The van der Waals surface area contributed by atoms with E-state index in [1.807, 2.05) is 6.07 Å². The van der Waals surface area contributed by atoms with Crippen LogP contribution in [0.4, 0.5) is 5.82 Å². The van der Waals surface area contributed by atoms with Crippen molar-refractivity contribution in [2.75, 3.05) is 32.5 Å². The Hall–Kier alpha value is -1.20. The molecule has 1 saturated heterocycles. The predicted octanol–water partition coefficient (Wildman–Crippen LogP) is -0.0681. The molecule has 15 heavy (non-hydrogen) atoms. The average molecular weight is 208 g/mol. The molecule has 5 nitrogen and oxygen atoms in total. The standard InChI is InChI=1S/C10H16N4O/c1-15-9-6-14(7-9)5-4-8-2-3-10(11)13-12-8/h2-3,9H,4-7H2,1H3,(H2,11,13). The summed E-state index contributed by atoms with van der Waals surface area (Å²) < 4.78 is 5.20. The maximum absolute atomic E-state index is 5.46. The van der Waals surface area contributed by atoms with Crippen molar-refractivity contribution in [1.82, 2.24) is 15.1 Å². The molecule has 0 aromatic carbocycles. The summed E-state index contributed by atoms with van der Waals surface area (Å²) in [7, 11) is 1.76. The molecule has 82 valence electrons. The Morgan fingerprint density at radius 2 is 2.27 bits per heavy atom. The number of methoxy groups -OCH3 is 1. The highest BCUT2D eigenvalue weighted by Crippen LogP contribution is 2.11. The van der Waals surface area contributed by atoms with E-state index in [-0.39, 0.29) is 0 Å². The van der Waals surface area contributed by atoms with Gasteiger partial charge in [0.2, 0.25) is 0 Å². The number of nitrogen functional groups attached to an aromatic ring is 1. The Kier molecular flexibility index (Phi) is 3.13. The van der Waals surface area contributed by atoms with Gasteiger partial charge in [0, 0.05) is 33.2 Å². The number of nitrogens with two attached hydrogens (primary N) is 1. The van der Waals surface area contributed by atoms with Crippen LogP contribution in [0.25, 0.3) is 0 Å². The monoisotopic (exact) mass is 208 g/mol. The van der Waals surface area contributed by atoms with Gasteiger partial charge in [-0.15, -0.1) is 5.10 Å². The third kappa shape index (κ3) is 2.64. The van der Waals surface area contributed by atoms with E-state index in [9.17, 15) is 0 Å². The highest BCUT2D eigenvalue weighted by atomic mass is 16.5. The maximum Gasteiger partial charge on any atom is 0.146 e. The second kappa shape index (κ2) is 4.55. The van der Waals surface area contributed by atoms with Gasteiger partial charge in [-0.25, -0.2) is 0 Å². The van der Waals surface area contributed by atoms with Gasteiger partial charge in [0.05, 0.1) is 11.8 Å². The van der Waals surface area contributed by atoms with Crippen molar-refractivity contribution in [3.63, 3.8) is 0 Å². The van der Waals surface area contributed by atoms with Crippen molar-refractivity contribution in [2.45, 2.75) is 12.5 Å².